The Kier molecular flexibility index (Phi) is 9.52. The molecule has 0 aromatic heterocycles. The molecule has 0 saturated carbocycles. The summed E-state index contributed by atoms with van der Waals surface area (Å²) in [5.74, 6) is -0.770. The number of amidine groups is 2. The molecule has 3 amide bonds. The zero-order valence-electron chi connectivity index (χ0n) is 23.4. The van der Waals surface area contributed by atoms with E-state index in [1.165, 1.54) is 29.2 Å². The van der Waals surface area contributed by atoms with Gasteiger partial charge in [0.25, 0.3) is 5.91 Å². The largest absolute Gasteiger partial charge is 0.355 e. The molecule has 0 aliphatic carbocycles. The van der Waals surface area contributed by atoms with Crippen molar-refractivity contribution in [3.05, 3.63) is 95.3 Å². The number of primary sulfonamides is 1. The van der Waals surface area contributed by atoms with Gasteiger partial charge in [-0.15, -0.1) is 0 Å². The smallest absolute Gasteiger partial charge is 0.259 e. The summed E-state index contributed by atoms with van der Waals surface area (Å²) in [5.41, 5.74) is 2.90. The van der Waals surface area contributed by atoms with E-state index in [9.17, 15) is 27.2 Å². The molecule has 1 unspecified atom stereocenters. The molecule has 0 bridgehead atoms. The van der Waals surface area contributed by atoms with E-state index in [-0.39, 0.29) is 53.6 Å². The number of thioether (sulfide) groups is 1. The van der Waals surface area contributed by atoms with Gasteiger partial charge in [0.15, 0.2) is 5.17 Å². The first kappa shape index (κ1) is 31.0. The molecule has 44 heavy (non-hydrogen) atoms. The van der Waals surface area contributed by atoms with Crippen LogP contribution < -0.4 is 15.8 Å². The number of sulfonamides is 1. The first-order valence-electron chi connectivity index (χ1n) is 13.7. The van der Waals surface area contributed by atoms with Gasteiger partial charge in [0.2, 0.25) is 21.8 Å². The van der Waals surface area contributed by atoms with Gasteiger partial charge in [-0.1, -0.05) is 48.2 Å². The summed E-state index contributed by atoms with van der Waals surface area (Å²) in [4.78, 5) is 49.2. The standard InChI is InChI=1S/C30H29FN6O5S2/c31-21-9-5-20(6-10-21)17-34-26(38)14-13-25-29(40)37-28(35-25)23-3-1-2-4-24(23)36-30(37)43-18-27(39)33-16-15-19-7-11-22(12-8-19)44(32,41)42/h1-12,25H,13-18H2,(H,33,39)(H,34,38)(H2,32,41,42). The maximum Gasteiger partial charge on any atom is 0.259 e. The summed E-state index contributed by atoms with van der Waals surface area (Å²) in [7, 11) is -3.77. The zero-order valence-corrected chi connectivity index (χ0v) is 25.0. The Morgan fingerprint density at radius 1 is 0.955 bits per heavy atom. The summed E-state index contributed by atoms with van der Waals surface area (Å²) in [6.45, 7) is 0.566. The molecule has 14 heteroatoms. The monoisotopic (exact) mass is 636 g/mol. The van der Waals surface area contributed by atoms with Crippen LogP contribution in [0.25, 0.3) is 0 Å². The van der Waals surface area contributed by atoms with Gasteiger partial charge in [-0.2, -0.15) is 0 Å². The number of para-hydroxylation sites is 1. The van der Waals surface area contributed by atoms with Gasteiger partial charge >= 0.3 is 0 Å². The number of nitrogens with zero attached hydrogens (tertiary/aromatic N) is 3. The van der Waals surface area contributed by atoms with Crippen LogP contribution in [0.3, 0.4) is 0 Å². The quantitative estimate of drug-likeness (QED) is 0.293. The number of fused-ring (bicyclic) bond motifs is 3. The van der Waals surface area contributed by atoms with Crippen LogP contribution in [0.2, 0.25) is 0 Å². The van der Waals surface area contributed by atoms with Crippen molar-refractivity contribution in [3.63, 3.8) is 0 Å². The molecule has 1 atom stereocenters. The van der Waals surface area contributed by atoms with E-state index in [1.807, 2.05) is 18.2 Å². The second-order valence-corrected chi connectivity index (χ2v) is 12.6. The minimum atomic E-state index is -3.77. The average Bonchev–Trinajstić information content (AvgIpc) is 3.34. The number of nitrogens with one attached hydrogen (secondary N) is 2. The highest BCUT2D eigenvalue weighted by Crippen LogP contribution is 2.34. The third-order valence-electron chi connectivity index (χ3n) is 6.92. The summed E-state index contributed by atoms with van der Waals surface area (Å²) in [6.07, 6.45) is 0.736. The highest BCUT2D eigenvalue weighted by molar-refractivity contribution is 8.14. The van der Waals surface area contributed by atoms with E-state index in [2.05, 4.69) is 20.6 Å². The topological polar surface area (TPSA) is 163 Å². The molecule has 4 N–H and O–H groups in total. The highest BCUT2D eigenvalue weighted by Gasteiger charge is 2.41. The lowest BCUT2D eigenvalue weighted by atomic mass is 10.1. The maximum atomic E-state index is 13.4. The fourth-order valence-electron chi connectivity index (χ4n) is 4.62. The lowest BCUT2D eigenvalue weighted by molar-refractivity contribution is -0.125. The number of carbonyl (C=O) groups is 3. The van der Waals surface area contributed by atoms with Gasteiger partial charge in [0, 0.05) is 25.1 Å². The minimum absolute atomic E-state index is 0.00112. The average molecular weight is 637 g/mol. The Bertz CT molecular complexity index is 1740. The molecule has 0 radical (unpaired) electrons. The first-order chi connectivity index (χ1) is 21.1. The Hall–Kier alpha value is -4.40. The lowest BCUT2D eigenvalue weighted by Crippen LogP contribution is -2.42. The van der Waals surface area contributed by atoms with E-state index >= 15 is 0 Å². The number of hydrogen-bond acceptors (Lipinski definition) is 8. The zero-order chi connectivity index (χ0) is 31.3. The number of rotatable bonds is 11. The molecule has 0 spiro atoms. The van der Waals surface area contributed by atoms with Gasteiger partial charge < -0.3 is 10.6 Å². The van der Waals surface area contributed by atoms with Crippen LogP contribution in [-0.2, 0) is 37.4 Å². The fraction of sp³-hybridized carbons (Fsp3) is 0.233. The van der Waals surface area contributed by atoms with Crippen LogP contribution in [0.4, 0.5) is 10.1 Å². The molecule has 3 aromatic carbocycles. The SMILES string of the molecule is NS(=O)(=O)c1ccc(CCNC(=O)CSC2=Nc3ccccc3C3=NC(CCC(=O)NCc4ccc(F)cc4)C(=O)N23)cc1. The van der Waals surface area contributed by atoms with Gasteiger partial charge in [0.05, 0.1) is 16.3 Å². The van der Waals surface area contributed by atoms with Crippen LogP contribution in [0.5, 0.6) is 0 Å². The fourth-order valence-corrected chi connectivity index (χ4v) is 5.97. The van der Waals surface area contributed by atoms with Crippen LogP contribution in [0.1, 0.15) is 29.5 Å². The Labute approximate surface area is 257 Å². The summed E-state index contributed by atoms with van der Waals surface area (Å²) in [6, 6.07) is 18.4. The van der Waals surface area contributed by atoms with Crippen LogP contribution in [0.15, 0.2) is 87.7 Å². The van der Waals surface area contributed by atoms with Crippen molar-refractivity contribution in [3.8, 4) is 0 Å². The van der Waals surface area contributed by atoms with Gasteiger partial charge in [-0.25, -0.2) is 27.8 Å². The van der Waals surface area contributed by atoms with Crippen molar-refractivity contribution >= 4 is 56.2 Å². The molecule has 2 aliphatic rings. The highest BCUT2D eigenvalue weighted by atomic mass is 32.2. The molecular formula is C30H29FN6O5S2. The van der Waals surface area contributed by atoms with Crippen LogP contribution in [-0.4, -0.2) is 60.4 Å². The molecule has 3 aromatic rings. The molecular weight excluding hydrogens is 607 g/mol. The van der Waals surface area contributed by atoms with E-state index in [4.69, 9.17) is 5.14 Å². The van der Waals surface area contributed by atoms with Crippen molar-refractivity contribution in [2.24, 2.45) is 15.1 Å². The number of carbonyl (C=O) groups excluding carboxylic acids is 3. The Morgan fingerprint density at radius 2 is 1.66 bits per heavy atom. The van der Waals surface area contributed by atoms with E-state index in [1.54, 1.807) is 30.3 Å². The van der Waals surface area contributed by atoms with Gasteiger partial charge in [-0.05, 0) is 60.4 Å². The minimum Gasteiger partial charge on any atom is -0.355 e. The summed E-state index contributed by atoms with van der Waals surface area (Å²) >= 11 is 1.11. The van der Waals surface area contributed by atoms with Crippen molar-refractivity contribution in [1.29, 1.82) is 0 Å². The molecule has 2 heterocycles. The third-order valence-corrected chi connectivity index (χ3v) is 8.78. The molecule has 11 nitrogen and oxygen atoms in total. The van der Waals surface area contributed by atoms with Crippen molar-refractivity contribution in [2.75, 3.05) is 12.3 Å². The van der Waals surface area contributed by atoms with E-state index < -0.39 is 16.1 Å². The van der Waals surface area contributed by atoms with Crippen molar-refractivity contribution < 1.29 is 27.2 Å². The molecule has 5 rings (SSSR count). The van der Waals surface area contributed by atoms with Crippen LogP contribution in [0, 0.1) is 5.82 Å². The van der Waals surface area contributed by atoms with E-state index in [0.717, 1.165) is 22.9 Å². The molecule has 2 aliphatic heterocycles. The number of halogens is 1. The number of hydrogen-bond donors (Lipinski definition) is 3. The van der Waals surface area contributed by atoms with Crippen molar-refractivity contribution in [2.45, 2.75) is 36.7 Å². The molecule has 228 valence electrons. The first-order valence-corrected chi connectivity index (χ1v) is 16.2. The van der Waals surface area contributed by atoms with Gasteiger partial charge in [-0.3, -0.25) is 19.4 Å². The second-order valence-electron chi connectivity index (χ2n) is 10.1. The van der Waals surface area contributed by atoms with E-state index in [0.29, 0.717) is 35.2 Å². The molecule has 0 fully saturated rings. The number of nitrogens with two attached hydrogens (primary N) is 1. The predicted octanol–water partition coefficient (Wildman–Crippen LogP) is 2.62. The summed E-state index contributed by atoms with van der Waals surface area (Å²) < 4.78 is 35.9. The molecule has 0 saturated heterocycles. The van der Waals surface area contributed by atoms with Crippen molar-refractivity contribution in [1.82, 2.24) is 15.5 Å². The number of benzene rings is 3. The second kappa shape index (κ2) is 13.5. The van der Waals surface area contributed by atoms with Gasteiger partial charge in [0.1, 0.15) is 17.7 Å². The van der Waals surface area contributed by atoms with Crippen LogP contribution >= 0.6 is 11.8 Å². The third kappa shape index (κ3) is 7.56. The summed E-state index contributed by atoms with van der Waals surface area (Å²) in [5, 5.41) is 11.0. The predicted molar refractivity (Wildman–Crippen MR) is 165 cm³/mol. The Morgan fingerprint density at radius 3 is 2.39 bits per heavy atom. The normalized spacial score (nSPS) is 15.6. The number of amides is 3. The lowest BCUT2D eigenvalue weighted by Gasteiger charge is -2.25. The Balaban J connectivity index is 1.16. The number of aliphatic imine (C=N–C) groups is 2. The maximum absolute atomic E-state index is 13.4.